The van der Waals surface area contributed by atoms with Crippen molar-refractivity contribution < 1.29 is 29.0 Å². The summed E-state index contributed by atoms with van der Waals surface area (Å²) in [4.78, 5) is 39.8. The first-order valence-electron chi connectivity index (χ1n) is 6.85. The maximum atomic E-state index is 11.0. The van der Waals surface area contributed by atoms with E-state index in [4.69, 9.17) is 9.84 Å². The van der Waals surface area contributed by atoms with Crippen molar-refractivity contribution >= 4 is 40.9 Å². The summed E-state index contributed by atoms with van der Waals surface area (Å²) in [6.45, 7) is 3.96. The lowest BCUT2D eigenvalue weighted by Crippen LogP contribution is -2.04. The zero-order valence-electron chi connectivity index (χ0n) is 13.1. The third kappa shape index (κ3) is 6.14. The number of ether oxygens (including phenoxy) is 2. The van der Waals surface area contributed by atoms with Crippen molar-refractivity contribution in [2.45, 2.75) is 20.5 Å². The van der Waals surface area contributed by atoms with E-state index in [0.717, 1.165) is 11.3 Å². The molecule has 2 aromatic rings. The zero-order chi connectivity index (χ0) is 17.9. The SMILES string of the molecule is CCOC(=O)c1nc(C=O)cs1.CCOC(=O)c1nc(CO)cs1. The largest absolute Gasteiger partial charge is 0.461 e. The van der Waals surface area contributed by atoms with Crippen molar-refractivity contribution in [3.63, 3.8) is 0 Å². The number of rotatable bonds is 6. The van der Waals surface area contributed by atoms with Gasteiger partial charge in [0.05, 0.1) is 25.5 Å². The van der Waals surface area contributed by atoms with E-state index in [1.165, 1.54) is 16.7 Å². The van der Waals surface area contributed by atoms with E-state index in [1.54, 1.807) is 19.2 Å². The van der Waals surface area contributed by atoms with Crippen LogP contribution in [0.3, 0.4) is 0 Å². The Labute approximate surface area is 146 Å². The molecule has 8 nitrogen and oxygen atoms in total. The minimum absolute atomic E-state index is 0.143. The lowest BCUT2D eigenvalue weighted by molar-refractivity contribution is 0.0516. The Morgan fingerprint density at radius 2 is 1.62 bits per heavy atom. The molecule has 10 heteroatoms. The molecule has 0 unspecified atom stereocenters. The van der Waals surface area contributed by atoms with E-state index in [2.05, 4.69) is 14.7 Å². The van der Waals surface area contributed by atoms with Gasteiger partial charge < -0.3 is 14.6 Å². The molecule has 2 aromatic heterocycles. The normalized spacial score (nSPS) is 9.62. The van der Waals surface area contributed by atoms with Crippen LogP contribution in [0, 0.1) is 0 Å². The number of hydrogen-bond donors (Lipinski definition) is 1. The number of hydrogen-bond acceptors (Lipinski definition) is 10. The van der Waals surface area contributed by atoms with E-state index in [0.29, 0.717) is 30.2 Å². The molecule has 0 saturated carbocycles. The maximum absolute atomic E-state index is 11.0. The van der Waals surface area contributed by atoms with Crippen molar-refractivity contribution in [3.8, 4) is 0 Å². The second-order valence-corrected chi connectivity index (χ2v) is 5.65. The van der Waals surface area contributed by atoms with Crippen LogP contribution in [0.15, 0.2) is 10.8 Å². The zero-order valence-corrected chi connectivity index (χ0v) is 14.7. The predicted molar refractivity (Wildman–Crippen MR) is 87.5 cm³/mol. The van der Waals surface area contributed by atoms with Gasteiger partial charge >= 0.3 is 11.9 Å². The van der Waals surface area contributed by atoms with Crippen LogP contribution in [0.5, 0.6) is 0 Å². The van der Waals surface area contributed by atoms with E-state index in [-0.39, 0.29) is 17.3 Å². The molecule has 2 rings (SSSR count). The molecular formula is C14H16N2O6S2. The summed E-state index contributed by atoms with van der Waals surface area (Å²) in [5.41, 5.74) is 0.770. The Bertz CT molecular complexity index is 682. The molecule has 0 aromatic carbocycles. The standard InChI is InChI=1S/C7H9NO3S.C7H7NO3S/c2*1-2-11-7(10)6-8-5(3-9)4-12-6/h4,9H,2-3H2,1H3;3-4H,2H2,1H3. The van der Waals surface area contributed by atoms with E-state index in [1.807, 2.05) is 0 Å². The van der Waals surface area contributed by atoms with Gasteiger partial charge in [0.25, 0.3) is 0 Å². The predicted octanol–water partition coefficient (Wildman–Crippen LogP) is 1.94. The fourth-order valence-electron chi connectivity index (χ4n) is 1.29. The second kappa shape index (κ2) is 10.6. The summed E-state index contributed by atoms with van der Waals surface area (Å²) in [6.07, 6.45) is 0.596. The van der Waals surface area contributed by atoms with Crippen LogP contribution >= 0.6 is 22.7 Å². The quantitative estimate of drug-likeness (QED) is 0.604. The Morgan fingerprint density at radius 3 is 2.04 bits per heavy atom. The van der Waals surface area contributed by atoms with Gasteiger partial charge in [0, 0.05) is 10.8 Å². The Balaban J connectivity index is 0.000000240. The number of aliphatic hydroxyl groups excluding tert-OH is 1. The van der Waals surface area contributed by atoms with Gasteiger partial charge in [-0.1, -0.05) is 0 Å². The molecule has 0 atom stereocenters. The molecule has 0 fully saturated rings. The van der Waals surface area contributed by atoms with Crippen molar-refractivity contribution in [1.29, 1.82) is 0 Å². The first kappa shape index (κ1) is 19.9. The van der Waals surface area contributed by atoms with E-state index >= 15 is 0 Å². The molecule has 130 valence electrons. The number of aldehydes is 1. The fourth-order valence-corrected chi connectivity index (χ4v) is 2.65. The van der Waals surface area contributed by atoms with Crippen molar-refractivity contribution in [3.05, 3.63) is 32.2 Å². The molecule has 0 aliphatic carbocycles. The highest BCUT2D eigenvalue weighted by Crippen LogP contribution is 2.10. The summed E-state index contributed by atoms with van der Waals surface area (Å²) in [5.74, 6) is -0.905. The van der Waals surface area contributed by atoms with Crippen LogP contribution in [0.1, 0.15) is 49.6 Å². The van der Waals surface area contributed by atoms with Gasteiger partial charge in [-0.25, -0.2) is 19.6 Å². The highest BCUT2D eigenvalue weighted by atomic mass is 32.1. The molecule has 0 amide bonds. The number of esters is 2. The van der Waals surface area contributed by atoms with Gasteiger partial charge in [-0.3, -0.25) is 4.79 Å². The van der Waals surface area contributed by atoms with Crippen LogP contribution in [-0.2, 0) is 16.1 Å². The fraction of sp³-hybridized carbons (Fsp3) is 0.357. The van der Waals surface area contributed by atoms with Gasteiger partial charge in [0.15, 0.2) is 6.29 Å². The van der Waals surface area contributed by atoms with Crippen molar-refractivity contribution in [2.75, 3.05) is 13.2 Å². The van der Waals surface area contributed by atoms with Gasteiger partial charge in [0.1, 0.15) is 5.69 Å². The lowest BCUT2D eigenvalue weighted by atomic mass is 10.5. The van der Waals surface area contributed by atoms with Crippen LogP contribution in [-0.4, -0.2) is 46.5 Å². The highest BCUT2D eigenvalue weighted by Gasteiger charge is 2.11. The number of carbonyl (C=O) groups is 3. The molecule has 0 aliphatic heterocycles. The lowest BCUT2D eigenvalue weighted by Gasteiger charge is -1.95. The van der Waals surface area contributed by atoms with Gasteiger partial charge in [0.2, 0.25) is 10.0 Å². The molecule has 24 heavy (non-hydrogen) atoms. The topological polar surface area (TPSA) is 116 Å². The third-order valence-corrected chi connectivity index (χ3v) is 3.97. The van der Waals surface area contributed by atoms with Crippen LogP contribution in [0.25, 0.3) is 0 Å². The molecule has 0 saturated heterocycles. The Hall–Kier alpha value is -2.17. The van der Waals surface area contributed by atoms with Crippen LogP contribution in [0.2, 0.25) is 0 Å². The molecule has 0 spiro atoms. The van der Waals surface area contributed by atoms with Gasteiger partial charge in [-0.15, -0.1) is 22.7 Å². The number of aliphatic hydroxyl groups is 1. The monoisotopic (exact) mass is 372 g/mol. The summed E-state index contributed by atoms with van der Waals surface area (Å²) >= 11 is 2.28. The molecule has 2 heterocycles. The molecule has 1 N–H and O–H groups in total. The summed E-state index contributed by atoms with van der Waals surface area (Å²) < 4.78 is 9.39. The number of aromatic nitrogens is 2. The average molecular weight is 372 g/mol. The molecule has 0 bridgehead atoms. The first-order chi connectivity index (χ1) is 11.5. The maximum Gasteiger partial charge on any atom is 0.367 e. The third-order valence-electron chi connectivity index (χ3n) is 2.26. The highest BCUT2D eigenvalue weighted by molar-refractivity contribution is 7.12. The smallest absolute Gasteiger partial charge is 0.367 e. The Kier molecular flexibility index (Phi) is 8.76. The van der Waals surface area contributed by atoms with Crippen LogP contribution in [0.4, 0.5) is 0 Å². The van der Waals surface area contributed by atoms with E-state index < -0.39 is 11.9 Å². The van der Waals surface area contributed by atoms with Crippen molar-refractivity contribution in [1.82, 2.24) is 9.97 Å². The van der Waals surface area contributed by atoms with Crippen molar-refractivity contribution in [2.24, 2.45) is 0 Å². The van der Waals surface area contributed by atoms with E-state index in [9.17, 15) is 14.4 Å². The number of thiazole rings is 2. The molecule has 0 aliphatic rings. The second-order valence-electron chi connectivity index (χ2n) is 3.94. The molecular weight excluding hydrogens is 356 g/mol. The molecule has 0 radical (unpaired) electrons. The first-order valence-corrected chi connectivity index (χ1v) is 8.61. The average Bonchev–Trinajstić information content (AvgIpc) is 3.25. The summed E-state index contributed by atoms with van der Waals surface area (Å²) in [7, 11) is 0. The minimum Gasteiger partial charge on any atom is -0.461 e. The van der Waals surface area contributed by atoms with Crippen LogP contribution < -0.4 is 0 Å². The number of nitrogens with zero attached hydrogens (tertiary/aromatic N) is 2. The Morgan fingerprint density at radius 1 is 1.08 bits per heavy atom. The van der Waals surface area contributed by atoms with Gasteiger partial charge in [-0.2, -0.15) is 0 Å². The summed E-state index contributed by atoms with van der Waals surface area (Å²) in [6, 6.07) is 0. The number of carbonyl (C=O) groups excluding carboxylic acids is 3. The van der Waals surface area contributed by atoms with Gasteiger partial charge in [-0.05, 0) is 13.8 Å². The summed E-state index contributed by atoms with van der Waals surface area (Å²) in [5, 5.41) is 12.3. The minimum atomic E-state index is -0.476.